The average Bonchev–Trinajstić information content (AvgIpc) is 2.82. The van der Waals surface area contributed by atoms with Crippen molar-refractivity contribution in [3.63, 3.8) is 0 Å². The minimum Gasteiger partial charge on any atom is -0.340 e. The molecule has 0 radical (unpaired) electrons. The molecule has 2 aliphatic heterocycles. The molecule has 0 amide bonds. The van der Waals surface area contributed by atoms with E-state index in [2.05, 4.69) is 4.90 Å². The number of hydrogen-bond donors (Lipinski definition) is 0. The first-order valence-corrected chi connectivity index (χ1v) is 9.36. The number of anilines is 2. The van der Waals surface area contributed by atoms with Gasteiger partial charge in [-0.25, -0.2) is 0 Å². The second-order valence-electron chi connectivity index (χ2n) is 5.98. The smallest absolute Gasteiger partial charge is 0.0661 e. The summed E-state index contributed by atoms with van der Waals surface area (Å²) in [4.78, 5) is 5.76. The molecule has 4 rings (SSSR count). The van der Waals surface area contributed by atoms with Crippen molar-refractivity contribution >= 4 is 34.7 Å². The Hall–Kier alpha value is -1.20. The molecule has 0 bridgehead atoms. The van der Waals surface area contributed by atoms with Gasteiger partial charge >= 0.3 is 0 Å². The highest BCUT2D eigenvalue weighted by Gasteiger charge is 2.23. The van der Waals surface area contributed by atoms with Crippen molar-refractivity contribution in [1.29, 1.82) is 0 Å². The van der Waals surface area contributed by atoms with Crippen LogP contribution in [0.2, 0.25) is 5.02 Å². The van der Waals surface area contributed by atoms with Crippen LogP contribution in [-0.4, -0.2) is 56.0 Å². The molecule has 0 aliphatic carbocycles. The fourth-order valence-electron chi connectivity index (χ4n) is 3.05. The second-order valence-corrected chi connectivity index (χ2v) is 7.38. The number of nitrogens with zero attached hydrogens (tertiary/aromatic N) is 3. The standard InChI is InChI=1S/C20H24ClN3S/c1-22-11-13-23(14-12-22)9-4-10-24-17-5-2-3-6-19(17)25-20-8-7-16(21)15-18(20)24/h2-3,5-8,15H,4,9-14H2,1H3/i1D3,2D,3D,5D,6D,7D,8D,15D. The van der Waals surface area contributed by atoms with Crippen LogP contribution in [0.1, 0.15) is 20.1 Å². The Morgan fingerprint density at radius 2 is 1.84 bits per heavy atom. The normalized spacial score (nSPS) is 24.3. The third-order valence-electron chi connectivity index (χ3n) is 4.34. The Kier molecular flexibility index (Phi) is 2.77. The summed E-state index contributed by atoms with van der Waals surface area (Å²) >= 11 is 7.18. The van der Waals surface area contributed by atoms with Crippen LogP contribution in [0.25, 0.3) is 0 Å². The maximum atomic E-state index is 8.56. The lowest BCUT2D eigenvalue weighted by Gasteiger charge is -2.35. The van der Waals surface area contributed by atoms with Crippen molar-refractivity contribution in [1.82, 2.24) is 9.80 Å². The van der Waals surface area contributed by atoms with Crippen LogP contribution in [-0.2, 0) is 0 Å². The van der Waals surface area contributed by atoms with Crippen molar-refractivity contribution in [2.75, 3.05) is 51.1 Å². The first-order chi connectivity index (χ1) is 16.3. The van der Waals surface area contributed by atoms with Gasteiger partial charge in [0.1, 0.15) is 0 Å². The van der Waals surface area contributed by atoms with E-state index in [4.69, 9.17) is 25.3 Å². The van der Waals surface area contributed by atoms with Gasteiger partial charge < -0.3 is 14.7 Å². The van der Waals surface area contributed by atoms with Crippen LogP contribution in [0.4, 0.5) is 11.4 Å². The molecule has 0 N–H and O–H groups in total. The summed E-state index contributed by atoms with van der Waals surface area (Å²) in [6.45, 7) is 0.850. The zero-order chi connectivity index (χ0) is 25.8. The molecule has 0 unspecified atom stereocenters. The monoisotopic (exact) mass is 383 g/mol. The topological polar surface area (TPSA) is 9.72 Å². The van der Waals surface area contributed by atoms with E-state index < -0.39 is 6.98 Å². The van der Waals surface area contributed by atoms with Crippen molar-refractivity contribution in [3.05, 3.63) is 47.3 Å². The van der Waals surface area contributed by atoms with Gasteiger partial charge in [-0.2, -0.15) is 0 Å². The highest BCUT2D eigenvalue weighted by atomic mass is 35.5. The molecule has 2 heterocycles. The zero-order valence-electron chi connectivity index (χ0n) is 23.6. The van der Waals surface area contributed by atoms with E-state index in [-0.39, 0.29) is 68.5 Å². The molecule has 3 nitrogen and oxygen atoms in total. The van der Waals surface area contributed by atoms with E-state index in [0.29, 0.717) is 45.7 Å². The number of likely N-dealkylation sites (N-methyl/N-ethyl adjacent to an activating group) is 1. The molecule has 5 heteroatoms. The molecule has 2 aliphatic rings. The van der Waals surface area contributed by atoms with Gasteiger partial charge in [0.15, 0.2) is 0 Å². The summed E-state index contributed by atoms with van der Waals surface area (Å²) in [7, 11) is 0. The van der Waals surface area contributed by atoms with Crippen LogP contribution in [0.15, 0.2) is 52.1 Å². The van der Waals surface area contributed by atoms with Crippen LogP contribution in [0.3, 0.4) is 0 Å². The summed E-state index contributed by atoms with van der Waals surface area (Å²) < 4.78 is 80.9. The lowest BCUT2D eigenvalue weighted by molar-refractivity contribution is 0.153. The highest BCUT2D eigenvalue weighted by Crippen LogP contribution is 2.48. The molecule has 2 aromatic rings. The fraction of sp³-hybridized carbons (Fsp3) is 0.400. The summed E-state index contributed by atoms with van der Waals surface area (Å²) in [5, 5.41) is -0.176. The molecule has 0 saturated carbocycles. The minimum atomic E-state index is -2.11. The molecular formula is C20H24ClN3S. The number of benzene rings is 2. The predicted octanol–water partition coefficient (Wildman–Crippen LogP) is 4.58. The van der Waals surface area contributed by atoms with Gasteiger partial charge in [0.05, 0.1) is 21.0 Å². The number of hydrogen-bond acceptors (Lipinski definition) is 4. The van der Waals surface area contributed by atoms with Crippen molar-refractivity contribution in [3.8, 4) is 0 Å². The van der Waals surface area contributed by atoms with Crippen LogP contribution in [0, 0.1) is 0 Å². The van der Waals surface area contributed by atoms with Gasteiger partial charge in [0, 0.05) is 51.6 Å². The SMILES string of the molecule is [2H]c1c([2H])c([2H])c2c(c1[2H])Sc1c([2H])c([2H])c(Cl)c([2H])c1N2CCCN1CCN(C([2H])([2H])[2H])CC1. The van der Waals surface area contributed by atoms with Crippen LogP contribution < -0.4 is 4.90 Å². The van der Waals surface area contributed by atoms with Gasteiger partial charge in [-0.05, 0) is 50.2 Å². The Balaban J connectivity index is 1.66. The Morgan fingerprint density at radius 1 is 1.04 bits per heavy atom. The van der Waals surface area contributed by atoms with Gasteiger partial charge in [0.25, 0.3) is 0 Å². The molecule has 25 heavy (non-hydrogen) atoms. The van der Waals surface area contributed by atoms with Gasteiger partial charge in [-0.3, -0.25) is 0 Å². The summed E-state index contributed by atoms with van der Waals surface area (Å²) in [6, 6.07) is -1.86. The lowest BCUT2D eigenvalue weighted by Crippen LogP contribution is -2.45. The molecule has 0 atom stereocenters. The Morgan fingerprint density at radius 3 is 2.68 bits per heavy atom. The second kappa shape index (κ2) is 7.58. The van der Waals surface area contributed by atoms with E-state index in [1.807, 2.05) is 0 Å². The fourth-order valence-corrected chi connectivity index (χ4v) is 4.11. The first-order valence-electron chi connectivity index (χ1n) is 13.2. The number of rotatable bonds is 4. The summed E-state index contributed by atoms with van der Waals surface area (Å²) in [6.07, 6.45) is 0.563. The van der Waals surface area contributed by atoms with Crippen molar-refractivity contribution < 1.29 is 13.7 Å². The third-order valence-corrected chi connectivity index (χ3v) is 5.52. The van der Waals surface area contributed by atoms with Gasteiger partial charge in [0.2, 0.25) is 0 Å². The maximum Gasteiger partial charge on any atom is 0.0661 e. The number of halogens is 1. The largest absolute Gasteiger partial charge is 0.340 e. The minimum absolute atomic E-state index is 0.153. The number of fused-ring (bicyclic) bond motifs is 2. The molecule has 0 aromatic heterocycles. The molecular weight excluding hydrogens is 350 g/mol. The van der Waals surface area contributed by atoms with Gasteiger partial charge in [-0.15, -0.1) is 0 Å². The summed E-state index contributed by atoms with van der Waals surface area (Å²) in [5.41, 5.74) is 0.508. The molecule has 2 aromatic carbocycles. The number of piperazine rings is 1. The summed E-state index contributed by atoms with van der Waals surface area (Å²) in [5.74, 6) is 0. The van der Waals surface area contributed by atoms with Crippen LogP contribution >= 0.6 is 23.4 Å². The van der Waals surface area contributed by atoms with E-state index in [1.54, 1.807) is 4.90 Å². The zero-order valence-corrected chi connectivity index (χ0v) is 15.2. The van der Waals surface area contributed by atoms with Crippen molar-refractivity contribution in [2.24, 2.45) is 0 Å². The van der Waals surface area contributed by atoms with E-state index in [1.165, 1.54) is 4.90 Å². The van der Waals surface area contributed by atoms with Crippen molar-refractivity contribution in [2.45, 2.75) is 16.2 Å². The molecule has 1 fully saturated rings. The molecule has 132 valence electrons. The number of para-hydroxylation sites is 1. The Bertz CT molecular complexity index is 1100. The van der Waals surface area contributed by atoms with E-state index in [9.17, 15) is 0 Å². The third kappa shape index (κ3) is 3.82. The average molecular weight is 384 g/mol. The first kappa shape index (κ1) is 9.14. The maximum absolute atomic E-state index is 8.56. The van der Waals surface area contributed by atoms with Crippen LogP contribution in [0.5, 0.6) is 0 Å². The highest BCUT2D eigenvalue weighted by molar-refractivity contribution is 7.99. The van der Waals surface area contributed by atoms with E-state index >= 15 is 0 Å². The van der Waals surface area contributed by atoms with E-state index in [0.717, 1.165) is 11.8 Å². The lowest BCUT2D eigenvalue weighted by atomic mass is 10.2. The predicted molar refractivity (Wildman–Crippen MR) is 108 cm³/mol. The quantitative estimate of drug-likeness (QED) is 0.764. The Labute approximate surface area is 173 Å². The molecule has 0 spiro atoms. The van der Waals surface area contributed by atoms with Gasteiger partial charge in [-0.1, -0.05) is 35.4 Å². The molecule has 1 saturated heterocycles.